The predicted octanol–water partition coefficient (Wildman–Crippen LogP) is 1.62. The van der Waals surface area contributed by atoms with Crippen LogP contribution in [0.3, 0.4) is 0 Å². The van der Waals surface area contributed by atoms with Crippen molar-refractivity contribution in [1.29, 1.82) is 0 Å². The summed E-state index contributed by atoms with van der Waals surface area (Å²) in [5.74, 6) is 0. The number of thiophene rings is 1. The molecular formula is C13H22N2O3S2. The van der Waals surface area contributed by atoms with Gasteiger partial charge < -0.3 is 10.1 Å². The summed E-state index contributed by atoms with van der Waals surface area (Å²) in [5, 5.41) is 3.22. The molecular weight excluding hydrogens is 296 g/mol. The molecule has 1 unspecified atom stereocenters. The molecule has 1 aromatic rings. The Bertz CT molecular complexity index is 534. The van der Waals surface area contributed by atoms with Gasteiger partial charge in [0, 0.05) is 24.6 Å². The Labute approximate surface area is 124 Å². The molecule has 1 aromatic heterocycles. The second kappa shape index (κ2) is 7.00. The van der Waals surface area contributed by atoms with Crippen LogP contribution in [0.4, 0.5) is 0 Å². The van der Waals surface area contributed by atoms with Crippen molar-refractivity contribution in [1.82, 2.24) is 10.0 Å². The lowest BCUT2D eigenvalue weighted by Crippen LogP contribution is -2.31. The molecule has 1 atom stereocenters. The Hall–Kier alpha value is -0.470. The first kappa shape index (κ1) is 15.9. The molecule has 1 aliphatic heterocycles. The quantitative estimate of drug-likeness (QED) is 0.802. The summed E-state index contributed by atoms with van der Waals surface area (Å²) in [4.78, 5) is 1.07. The smallest absolute Gasteiger partial charge is 0.250 e. The predicted molar refractivity (Wildman–Crippen MR) is 80.6 cm³/mol. The van der Waals surface area contributed by atoms with Crippen LogP contribution in [0.15, 0.2) is 10.3 Å². The van der Waals surface area contributed by atoms with Crippen LogP contribution in [0.1, 0.15) is 30.2 Å². The third-order valence-electron chi connectivity index (χ3n) is 3.32. The molecule has 0 bridgehead atoms. The molecule has 0 aliphatic carbocycles. The highest BCUT2D eigenvalue weighted by molar-refractivity contribution is 7.91. The van der Waals surface area contributed by atoms with Gasteiger partial charge in [-0.3, -0.25) is 0 Å². The van der Waals surface area contributed by atoms with Gasteiger partial charge in [-0.05, 0) is 37.9 Å². The fourth-order valence-corrected chi connectivity index (χ4v) is 4.78. The number of sulfonamides is 1. The fourth-order valence-electron chi connectivity index (χ4n) is 2.11. The first-order valence-corrected chi connectivity index (χ1v) is 9.24. The zero-order chi connectivity index (χ0) is 14.6. The molecule has 0 spiro atoms. The third-order valence-corrected chi connectivity index (χ3v) is 6.46. The van der Waals surface area contributed by atoms with E-state index in [1.807, 2.05) is 13.8 Å². The molecule has 2 N–H and O–H groups in total. The molecule has 2 rings (SSSR count). The molecule has 20 heavy (non-hydrogen) atoms. The molecule has 0 amide bonds. The Balaban J connectivity index is 2.00. The molecule has 114 valence electrons. The van der Waals surface area contributed by atoms with Gasteiger partial charge in [-0.15, -0.1) is 11.3 Å². The summed E-state index contributed by atoms with van der Waals surface area (Å²) in [5.41, 5.74) is 1.02. The Morgan fingerprint density at radius 1 is 1.50 bits per heavy atom. The molecule has 1 saturated heterocycles. The molecule has 0 aromatic carbocycles. The zero-order valence-electron chi connectivity index (χ0n) is 11.9. The van der Waals surface area contributed by atoms with E-state index in [1.165, 1.54) is 11.3 Å². The summed E-state index contributed by atoms with van der Waals surface area (Å²) < 4.78 is 33.0. The normalized spacial score (nSPS) is 19.6. The van der Waals surface area contributed by atoms with E-state index in [9.17, 15) is 8.42 Å². The van der Waals surface area contributed by atoms with E-state index in [0.29, 0.717) is 17.3 Å². The van der Waals surface area contributed by atoms with Crippen LogP contribution in [0.25, 0.3) is 0 Å². The lowest BCUT2D eigenvalue weighted by molar-refractivity contribution is 0.114. The minimum Gasteiger partial charge on any atom is -0.377 e. The Morgan fingerprint density at radius 2 is 2.30 bits per heavy atom. The van der Waals surface area contributed by atoms with Gasteiger partial charge in [0.1, 0.15) is 4.21 Å². The summed E-state index contributed by atoms with van der Waals surface area (Å²) in [6, 6.07) is 1.75. The number of hydrogen-bond donors (Lipinski definition) is 2. The van der Waals surface area contributed by atoms with E-state index in [-0.39, 0.29) is 6.10 Å². The van der Waals surface area contributed by atoms with Crippen LogP contribution < -0.4 is 10.0 Å². The van der Waals surface area contributed by atoms with Gasteiger partial charge in [0.25, 0.3) is 0 Å². The highest BCUT2D eigenvalue weighted by atomic mass is 32.2. The van der Waals surface area contributed by atoms with Gasteiger partial charge in [-0.1, -0.05) is 6.92 Å². The van der Waals surface area contributed by atoms with Crippen LogP contribution in [0.2, 0.25) is 0 Å². The number of rotatable bonds is 7. The van der Waals surface area contributed by atoms with Crippen molar-refractivity contribution in [2.45, 2.75) is 43.5 Å². The van der Waals surface area contributed by atoms with Gasteiger partial charge in [0.2, 0.25) is 10.0 Å². The number of aryl methyl sites for hydroxylation is 1. The van der Waals surface area contributed by atoms with E-state index < -0.39 is 10.0 Å². The maximum Gasteiger partial charge on any atom is 0.250 e. The van der Waals surface area contributed by atoms with Crippen LogP contribution in [-0.4, -0.2) is 34.2 Å². The van der Waals surface area contributed by atoms with E-state index in [2.05, 4.69) is 10.0 Å². The van der Waals surface area contributed by atoms with Gasteiger partial charge >= 0.3 is 0 Å². The molecule has 0 saturated carbocycles. The fraction of sp³-hybridized carbons (Fsp3) is 0.692. The molecule has 5 nitrogen and oxygen atoms in total. The Morgan fingerprint density at radius 3 is 2.95 bits per heavy atom. The third kappa shape index (κ3) is 4.02. The van der Waals surface area contributed by atoms with E-state index >= 15 is 0 Å². The molecule has 0 radical (unpaired) electrons. The first-order valence-electron chi connectivity index (χ1n) is 6.94. The second-order valence-corrected chi connectivity index (χ2v) is 8.07. The minimum atomic E-state index is -3.41. The molecule has 1 fully saturated rings. The highest BCUT2D eigenvalue weighted by Gasteiger charge is 2.22. The standard InChI is InChI=1S/C13H22N2O3S2/c1-3-14-9-12-10(2)7-13(19-12)20(16,17)15-8-11-5-4-6-18-11/h7,11,14-15H,3-6,8-9H2,1-2H3. The van der Waals surface area contributed by atoms with Crippen LogP contribution in [-0.2, 0) is 21.3 Å². The van der Waals surface area contributed by atoms with Gasteiger partial charge in [-0.25, -0.2) is 13.1 Å². The highest BCUT2D eigenvalue weighted by Crippen LogP contribution is 2.26. The van der Waals surface area contributed by atoms with Crippen molar-refractivity contribution in [3.63, 3.8) is 0 Å². The SMILES string of the molecule is CCNCc1sc(S(=O)(=O)NCC2CCCO2)cc1C. The summed E-state index contributed by atoms with van der Waals surface area (Å²) in [6.07, 6.45) is 1.96. The molecule has 7 heteroatoms. The van der Waals surface area contributed by atoms with Gasteiger partial charge in [0.15, 0.2) is 0 Å². The zero-order valence-corrected chi connectivity index (χ0v) is 13.6. The van der Waals surface area contributed by atoms with E-state index in [0.717, 1.165) is 36.4 Å². The van der Waals surface area contributed by atoms with Crippen molar-refractivity contribution >= 4 is 21.4 Å². The van der Waals surface area contributed by atoms with Crippen LogP contribution >= 0.6 is 11.3 Å². The lowest BCUT2D eigenvalue weighted by Gasteiger charge is -2.10. The number of hydrogen-bond acceptors (Lipinski definition) is 5. The van der Waals surface area contributed by atoms with Crippen LogP contribution in [0.5, 0.6) is 0 Å². The molecule has 1 aliphatic rings. The van der Waals surface area contributed by atoms with Gasteiger partial charge in [-0.2, -0.15) is 0 Å². The Kier molecular flexibility index (Phi) is 5.57. The summed E-state index contributed by atoms with van der Waals surface area (Å²) in [6.45, 7) is 6.66. The maximum absolute atomic E-state index is 12.3. The van der Waals surface area contributed by atoms with E-state index in [1.54, 1.807) is 6.07 Å². The van der Waals surface area contributed by atoms with Crippen molar-refractivity contribution in [2.24, 2.45) is 0 Å². The first-order chi connectivity index (χ1) is 9.53. The summed E-state index contributed by atoms with van der Waals surface area (Å²) >= 11 is 1.34. The average molecular weight is 318 g/mol. The topological polar surface area (TPSA) is 67.4 Å². The maximum atomic E-state index is 12.3. The van der Waals surface area contributed by atoms with Gasteiger partial charge in [0.05, 0.1) is 6.10 Å². The van der Waals surface area contributed by atoms with Crippen molar-refractivity contribution in [3.8, 4) is 0 Å². The average Bonchev–Trinajstić information content (AvgIpc) is 3.04. The van der Waals surface area contributed by atoms with Crippen molar-refractivity contribution in [2.75, 3.05) is 19.7 Å². The minimum absolute atomic E-state index is 0.0204. The van der Waals surface area contributed by atoms with Crippen molar-refractivity contribution in [3.05, 3.63) is 16.5 Å². The van der Waals surface area contributed by atoms with Crippen LogP contribution in [0, 0.1) is 6.92 Å². The largest absolute Gasteiger partial charge is 0.377 e. The lowest BCUT2D eigenvalue weighted by atomic mass is 10.2. The monoisotopic (exact) mass is 318 g/mol. The number of ether oxygens (including phenoxy) is 1. The van der Waals surface area contributed by atoms with E-state index in [4.69, 9.17) is 4.74 Å². The number of nitrogens with one attached hydrogen (secondary N) is 2. The van der Waals surface area contributed by atoms with Crippen molar-refractivity contribution < 1.29 is 13.2 Å². The molecule has 2 heterocycles. The summed E-state index contributed by atoms with van der Waals surface area (Å²) in [7, 11) is -3.41. The second-order valence-electron chi connectivity index (χ2n) is 4.94.